The summed E-state index contributed by atoms with van der Waals surface area (Å²) in [6, 6.07) is 10.3. The summed E-state index contributed by atoms with van der Waals surface area (Å²) in [6.45, 7) is 3.64. The quantitative estimate of drug-likeness (QED) is 0.479. The number of rotatable bonds is 3. The normalized spacial score (nSPS) is 9.33. The van der Waals surface area contributed by atoms with Gasteiger partial charge in [-0.3, -0.25) is 0 Å². The molecule has 0 aliphatic carbocycles. The molecule has 1 aromatic rings. The Bertz CT molecular complexity index is 236. The SMILES string of the molecule is C=CCC=Cc1ccccc1.[Na]. The van der Waals surface area contributed by atoms with Crippen LogP contribution < -0.4 is 0 Å². The number of benzene rings is 1. The molecule has 57 valence electrons. The maximum atomic E-state index is 3.64. The molecule has 0 fully saturated rings. The van der Waals surface area contributed by atoms with Crippen molar-refractivity contribution in [3.8, 4) is 0 Å². The van der Waals surface area contributed by atoms with Crippen molar-refractivity contribution in [2.75, 3.05) is 0 Å². The van der Waals surface area contributed by atoms with Gasteiger partial charge in [0.15, 0.2) is 0 Å². The first-order valence-electron chi connectivity index (χ1n) is 3.76. The van der Waals surface area contributed by atoms with Gasteiger partial charge in [-0.1, -0.05) is 48.6 Å². The van der Waals surface area contributed by atoms with Gasteiger partial charge < -0.3 is 0 Å². The van der Waals surface area contributed by atoms with Gasteiger partial charge in [-0.2, -0.15) is 0 Å². The summed E-state index contributed by atoms with van der Waals surface area (Å²) in [4.78, 5) is 0. The summed E-state index contributed by atoms with van der Waals surface area (Å²) in [5.41, 5.74) is 1.24. The Morgan fingerprint density at radius 2 is 1.83 bits per heavy atom. The number of hydrogen-bond acceptors (Lipinski definition) is 0. The molecular formula is C11H12Na. The van der Waals surface area contributed by atoms with Gasteiger partial charge in [0, 0.05) is 29.6 Å². The molecule has 0 saturated carbocycles. The van der Waals surface area contributed by atoms with Crippen LogP contribution in [0.5, 0.6) is 0 Å². The summed E-state index contributed by atoms with van der Waals surface area (Å²) in [7, 11) is 0. The second-order valence-electron chi connectivity index (χ2n) is 2.34. The Balaban J connectivity index is 0.00000121. The Hall–Kier alpha value is -0.300. The summed E-state index contributed by atoms with van der Waals surface area (Å²) in [5.74, 6) is 0. The standard InChI is InChI=1S/C11H12.Na/c1-2-3-5-8-11-9-6-4-7-10-11;/h2,4-10H,1,3H2;. The second-order valence-corrected chi connectivity index (χ2v) is 2.34. The predicted octanol–water partition coefficient (Wildman–Crippen LogP) is 2.90. The van der Waals surface area contributed by atoms with Crippen LogP contribution in [0.3, 0.4) is 0 Å². The van der Waals surface area contributed by atoms with E-state index in [-0.39, 0.29) is 29.6 Å². The van der Waals surface area contributed by atoms with Gasteiger partial charge >= 0.3 is 0 Å². The maximum Gasteiger partial charge on any atom is 0 e. The van der Waals surface area contributed by atoms with Crippen LogP contribution in [0.25, 0.3) is 6.08 Å². The molecule has 0 aliphatic heterocycles. The molecule has 12 heavy (non-hydrogen) atoms. The van der Waals surface area contributed by atoms with Gasteiger partial charge in [-0.05, 0) is 12.0 Å². The van der Waals surface area contributed by atoms with Crippen LogP contribution in [0, 0.1) is 0 Å². The summed E-state index contributed by atoms with van der Waals surface area (Å²) >= 11 is 0. The Kier molecular flexibility index (Phi) is 7.17. The maximum absolute atomic E-state index is 3.64. The van der Waals surface area contributed by atoms with E-state index < -0.39 is 0 Å². The molecule has 0 unspecified atom stereocenters. The van der Waals surface area contributed by atoms with Crippen molar-refractivity contribution in [1.82, 2.24) is 0 Å². The molecule has 0 nitrogen and oxygen atoms in total. The fourth-order valence-electron chi connectivity index (χ4n) is 0.864. The van der Waals surface area contributed by atoms with E-state index in [2.05, 4.69) is 30.9 Å². The molecule has 0 bridgehead atoms. The van der Waals surface area contributed by atoms with Gasteiger partial charge in [-0.25, -0.2) is 0 Å². The molecule has 0 N–H and O–H groups in total. The summed E-state index contributed by atoms with van der Waals surface area (Å²) in [6.07, 6.45) is 7.03. The fraction of sp³-hybridized carbons (Fsp3) is 0.0909. The molecule has 1 radical (unpaired) electrons. The zero-order valence-corrected chi connectivity index (χ0v) is 9.53. The van der Waals surface area contributed by atoms with Crippen molar-refractivity contribution in [1.29, 1.82) is 0 Å². The van der Waals surface area contributed by atoms with Crippen molar-refractivity contribution in [3.63, 3.8) is 0 Å². The minimum absolute atomic E-state index is 0. The number of hydrogen-bond donors (Lipinski definition) is 0. The molecule has 0 atom stereocenters. The van der Waals surface area contributed by atoms with Crippen molar-refractivity contribution < 1.29 is 0 Å². The molecule has 0 heterocycles. The van der Waals surface area contributed by atoms with E-state index in [1.54, 1.807) is 0 Å². The largest absolute Gasteiger partial charge is 0.103 e. The van der Waals surface area contributed by atoms with Crippen LogP contribution in [-0.2, 0) is 0 Å². The van der Waals surface area contributed by atoms with E-state index in [0.717, 1.165) is 6.42 Å². The molecule has 0 spiro atoms. The minimum atomic E-state index is 0. The first-order chi connectivity index (χ1) is 5.43. The average molecular weight is 167 g/mol. The van der Waals surface area contributed by atoms with Gasteiger partial charge in [-0.15, -0.1) is 6.58 Å². The zero-order chi connectivity index (χ0) is 7.94. The second kappa shape index (κ2) is 7.35. The van der Waals surface area contributed by atoms with Crippen LogP contribution >= 0.6 is 0 Å². The van der Waals surface area contributed by atoms with Crippen molar-refractivity contribution in [2.45, 2.75) is 6.42 Å². The van der Waals surface area contributed by atoms with Gasteiger partial charge in [0.05, 0.1) is 0 Å². The molecule has 1 aromatic carbocycles. The van der Waals surface area contributed by atoms with E-state index in [1.165, 1.54) is 5.56 Å². The monoisotopic (exact) mass is 167 g/mol. The molecule has 0 aliphatic rings. The predicted molar refractivity (Wildman–Crippen MR) is 56.0 cm³/mol. The van der Waals surface area contributed by atoms with Crippen LogP contribution in [0.1, 0.15) is 12.0 Å². The van der Waals surface area contributed by atoms with E-state index >= 15 is 0 Å². The molecule has 0 saturated heterocycles. The molecule has 1 heteroatoms. The first kappa shape index (κ1) is 11.7. The van der Waals surface area contributed by atoms with E-state index in [0.29, 0.717) is 0 Å². The Morgan fingerprint density at radius 3 is 2.42 bits per heavy atom. The molecule has 0 amide bonds. The van der Waals surface area contributed by atoms with Gasteiger partial charge in [0.1, 0.15) is 0 Å². The molecule has 0 aromatic heterocycles. The average Bonchev–Trinajstić information content (AvgIpc) is 2.07. The van der Waals surface area contributed by atoms with Crippen molar-refractivity contribution in [2.24, 2.45) is 0 Å². The van der Waals surface area contributed by atoms with Crippen LogP contribution in [0.15, 0.2) is 49.1 Å². The molecule has 1 rings (SSSR count). The van der Waals surface area contributed by atoms with Gasteiger partial charge in [0.2, 0.25) is 0 Å². The Labute approximate surface area is 96.3 Å². The van der Waals surface area contributed by atoms with Crippen LogP contribution in [0.4, 0.5) is 0 Å². The topological polar surface area (TPSA) is 0 Å². The summed E-state index contributed by atoms with van der Waals surface area (Å²) < 4.78 is 0. The van der Waals surface area contributed by atoms with Crippen LogP contribution in [0.2, 0.25) is 0 Å². The van der Waals surface area contributed by atoms with Crippen molar-refractivity contribution in [3.05, 3.63) is 54.6 Å². The first-order valence-corrected chi connectivity index (χ1v) is 3.76. The fourth-order valence-corrected chi connectivity index (χ4v) is 0.864. The summed E-state index contributed by atoms with van der Waals surface area (Å²) in [5, 5.41) is 0. The smallest absolute Gasteiger partial charge is 0 e. The van der Waals surface area contributed by atoms with E-state index in [4.69, 9.17) is 0 Å². The van der Waals surface area contributed by atoms with Crippen LogP contribution in [-0.4, -0.2) is 29.6 Å². The Morgan fingerprint density at radius 1 is 1.17 bits per heavy atom. The molecular weight excluding hydrogens is 155 g/mol. The zero-order valence-electron chi connectivity index (χ0n) is 7.53. The third-order valence-corrected chi connectivity index (χ3v) is 1.41. The number of allylic oxidation sites excluding steroid dienone is 2. The van der Waals surface area contributed by atoms with E-state index in [9.17, 15) is 0 Å². The van der Waals surface area contributed by atoms with Gasteiger partial charge in [0.25, 0.3) is 0 Å². The minimum Gasteiger partial charge on any atom is -0.103 e. The third kappa shape index (κ3) is 4.55. The van der Waals surface area contributed by atoms with Crippen molar-refractivity contribution >= 4 is 35.6 Å². The third-order valence-electron chi connectivity index (χ3n) is 1.41. The van der Waals surface area contributed by atoms with E-state index in [1.807, 2.05) is 24.3 Å².